The summed E-state index contributed by atoms with van der Waals surface area (Å²) in [5, 5.41) is 10.6. The fraction of sp³-hybridized carbons (Fsp3) is 0.238. The molecule has 3 heterocycles. The van der Waals surface area contributed by atoms with E-state index in [4.69, 9.17) is 4.74 Å². The van der Waals surface area contributed by atoms with Crippen LogP contribution >= 0.6 is 0 Å². The average Bonchev–Trinajstić information content (AvgIpc) is 2.94. The van der Waals surface area contributed by atoms with E-state index in [0.29, 0.717) is 24.4 Å². The van der Waals surface area contributed by atoms with Gasteiger partial charge in [0.15, 0.2) is 0 Å². The van der Waals surface area contributed by atoms with E-state index in [1.54, 1.807) is 25.4 Å². The topological polar surface area (TPSA) is 80.8 Å². The lowest BCUT2D eigenvalue weighted by Crippen LogP contribution is -2.05. The van der Waals surface area contributed by atoms with Crippen LogP contribution in [-0.4, -0.2) is 27.1 Å². The number of nitrogens with zero attached hydrogens (tertiary/aromatic N) is 4. The van der Waals surface area contributed by atoms with Gasteiger partial charge in [-0.3, -0.25) is 4.98 Å². The number of ether oxygens (including phenoxy) is 1. The highest BCUT2D eigenvalue weighted by atomic mass is 16.5. The van der Waals surface area contributed by atoms with Crippen molar-refractivity contribution in [1.29, 1.82) is 5.26 Å². The Morgan fingerprint density at radius 2 is 2.22 bits per heavy atom. The fourth-order valence-corrected chi connectivity index (χ4v) is 3.16. The normalized spacial score (nSPS) is 11.0. The Bertz CT molecular complexity index is 1060. The zero-order valence-electron chi connectivity index (χ0n) is 15.6. The first-order chi connectivity index (χ1) is 13.0. The van der Waals surface area contributed by atoms with Crippen LogP contribution in [0.2, 0.25) is 0 Å². The third kappa shape index (κ3) is 3.72. The first-order valence-corrected chi connectivity index (χ1v) is 8.69. The first kappa shape index (κ1) is 18.3. The van der Waals surface area contributed by atoms with E-state index in [2.05, 4.69) is 16.0 Å². The Morgan fingerprint density at radius 3 is 2.89 bits per heavy atom. The SMILES string of the molecule is CCOC(=O)/C=C/c1c(C#N)c2c(C)cc(C)nc2n1Cc1cccnc1. The van der Waals surface area contributed by atoms with Gasteiger partial charge in [-0.1, -0.05) is 6.07 Å². The number of aromatic nitrogens is 3. The number of aryl methyl sites for hydroxylation is 2. The molecule has 0 bridgehead atoms. The minimum atomic E-state index is -0.444. The number of nitriles is 1. The molecule has 0 aliphatic rings. The second-order valence-corrected chi connectivity index (χ2v) is 6.18. The molecule has 0 saturated heterocycles. The number of hydrogen-bond donors (Lipinski definition) is 0. The molecule has 0 aromatic carbocycles. The van der Waals surface area contributed by atoms with Gasteiger partial charge in [0, 0.05) is 29.5 Å². The third-order valence-electron chi connectivity index (χ3n) is 4.22. The molecule has 0 amide bonds. The van der Waals surface area contributed by atoms with Crippen LogP contribution in [0.4, 0.5) is 0 Å². The van der Waals surface area contributed by atoms with E-state index in [9.17, 15) is 10.1 Å². The predicted octanol–water partition coefficient (Wildman–Crippen LogP) is 3.54. The lowest BCUT2D eigenvalue weighted by molar-refractivity contribution is -0.137. The van der Waals surface area contributed by atoms with Gasteiger partial charge in [-0.2, -0.15) is 5.26 Å². The molecule has 6 nitrogen and oxygen atoms in total. The van der Waals surface area contributed by atoms with Crippen molar-refractivity contribution in [1.82, 2.24) is 14.5 Å². The van der Waals surface area contributed by atoms with Crippen molar-refractivity contribution in [3.05, 3.63) is 64.7 Å². The predicted molar refractivity (Wildman–Crippen MR) is 103 cm³/mol. The average molecular weight is 360 g/mol. The van der Waals surface area contributed by atoms with Crippen LogP contribution in [0.1, 0.15) is 35.0 Å². The van der Waals surface area contributed by atoms with Gasteiger partial charge in [0.05, 0.1) is 24.4 Å². The summed E-state index contributed by atoms with van der Waals surface area (Å²) in [6.45, 7) is 6.43. The minimum absolute atomic E-state index is 0.298. The number of fused-ring (bicyclic) bond motifs is 1. The largest absolute Gasteiger partial charge is 0.463 e. The van der Waals surface area contributed by atoms with Crippen LogP contribution < -0.4 is 0 Å². The van der Waals surface area contributed by atoms with Gasteiger partial charge in [0.1, 0.15) is 11.7 Å². The Balaban J connectivity index is 2.24. The molecule has 136 valence electrons. The third-order valence-corrected chi connectivity index (χ3v) is 4.22. The summed E-state index contributed by atoms with van der Waals surface area (Å²) in [5.74, 6) is -0.444. The van der Waals surface area contributed by atoms with Crippen LogP contribution in [0.25, 0.3) is 17.1 Å². The summed E-state index contributed by atoms with van der Waals surface area (Å²) in [4.78, 5) is 20.6. The molecule has 3 aromatic heterocycles. The van der Waals surface area contributed by atoms with Gasteiger partial charge in [0.25, 0.3) is 0 Å². The minimum Gasteiger partial charge on any atom is -0.463 e. The molecule has 27 heavy (non-hydrogen) atoms. The van der Waals surface area contributed by atoms with Gasteiger partial charge >= 0.3 is 5.97 Å². The van der Waals surface area contributed by atoms with E-state index in [0.717, 1.165) is 27.9 Å². The molecule has 0 aliphatic carbocycles. The van der Waals surface area contributed by atoms with E-state index in [1.807, 2.05) is 36.6 Å². The van der Waals surface area contributed by atoms with E-state index in [1.165, 1.54) is 6.08 Å². The Kier molecular flexibility index (Phi) is 5.32. The van der Waals surface area contributed by atoms with Crippen LogP contribution in [0.3, 0.4) is 0 Å². The molecule has 0 N–H and O–H groups in total. The summed E-state index contributed by atoms with van der Waals surface area (Å²) < 4.78 is 6.91. The Hall–Kier alpha value is -3.46. The van der Waals surface area contributed by atoms with Crippen LogP contribution in [0.5, 0.6) is 0 Å². The van der Waals surface area contributed by atoms with E-state index >= 15 is 0 Å². The number of pyridine rings is 2. The van der Waals surface area contributed by atoms with Crippen LogP contribution in [-0.2, 0) is 16.1 Å². The fourth-order valence-electron chi connectivity index (χ4n) is 3.16. The summed E-state index contributed by atoms with van der Waals surface area (Å²) in [7, 11) is 0. The van der Waals surface area contributed by atoms with E-state index in [-0.39, 0.29) is 0 Å². The van der Waals surface area contributed by atoms with Crippen molar-refractivity contribution in [2.75, 3.05) is 6.61 Å². The second-order valence-electron chi connectivity index (χ2n) is 6.18. The van der Waals surface area contributed by atoms with Gasteiger partial charge < -0.3 is 9.30 Å². The maximum absolute atomic E-state index is 11.8. The maximum Gasteiger partial charge on any atom is 0.330 e. The molecule has 3 aromatic rings. The molecule has 0 aliphatic heterocycles. The van der Waals surface area contributed by atoms with Crippen molar-refractivity contribution in [2.24, 2.45) is 0 Å². The molecule has 0 atom stereocenters. The van der Waals surface area contributed by atoms with Crippen molar-refractivity contribution in [3.8, 4) is 6.07 Å². The highest BCUT2D eigenvalue weighted by Gasteiger charge is 2.19. The summed E-state index contributed by atoms with van der Waals surface area (Å²) in [5.41, 5.74) is 4.67. The van der Waals surface area contributed by atoms with Crippen molar-refractivity contribution in [3.63, 3.8) is 0 Å². The zero-order chi connectivity index (χ0) is 19.4. The van der Waals surface area contributed by atoms with Crippen LogP contribution in [0, 0.1) is 25.2 Å². The van der Waals surface area contributed by atoms with Gasteiger partial charge in [-0.05, 0) is 50.1 Å². The lowest BCUT2D eigenvalue weighted by atomic mass is 10.1. The van der Waals surface area contributed by atoms with E-state index < -0.39 is 5.97 Å². The molecule has 0 fully saturated rings. The van der Waals surface area contributed by atoms with Crippen molar-refractivity contribution < 1.29 is 9.53 Å². The summed E-state index contributed by atoms with van der Waals surface area (Å²) in [6.07, 6.45) is 6.47. The van der Waals surface area contributed by atoms with Crippen molar-refractivity contribution >= 4 is 23.1 Å². The Morgan fingerprint density at radius 1 is 1.41 bits per heavy atom. The molecule has 0 spiro atoms. The number of carbonyl (C=O) groups is 1. The molecule has 0 radical (unpaired) electrons. The lowest BCUT2D eigenvalue weighted by Gasteiger charge is -2.09. The van der Waals surface area contributed by atoms with Gasteiger partial charge in [-0.25, -0.2) is 9.78 Å². The molecular weight excluding hydrogens is 340 g/mol. The van der Waals surface area contributed by atoms with Gasteiger partial charge in [-0.15, -0.1) is 0 Å². The molecule has 0 unspecified atom stereocenters. The molecule has 3 rings (SSSR count). The highest BCUT2D eigenvalue weighted by molar-refractivity contribution is 5.94. The summed E-state index contributed by atoms with van der Waals surface area (Å²) >= 11 is 0. The number of rotatable bonds is 5. The second kappa shape index (κ2) is 7.83. The smallest absolute Gasteiger partial charge is 0.330 e. The molecular formula is C21H20N4O2. The quantitative estimate of drug-likeness (QED) is 0.513. The monoisotopic (exact) mass is 360 g/mol. The van der Waals surface area contributed by atoms with Gasteiger partial charge in [0.2, 0.25) is 0 Å². The number of hydrogen-bond acceptors (Lipinski definition) is 5. The molecule has 6 heteroatoms. The number of carbonyl (C=O) groups excluding carboxylic acids is 1. The Labute approximate surface area is 157 Å². The maximum atomic E-state index is 11.8. The first-order valence-electron chi connectivity index (χ1n) is 8.69. The van der Waals surface area contributed by atoms with Crippen LogP contribution in [0.15, 0.2) is 36.7 Å². The number of esters is 1. The molecule has 0 saturated carbocycles. The highest BCUT2D eigenvalue weighted by Crippen LogP contribution is 2.29. The standard InChI is InChI=1S/C21H20N4O2/c1-4-27-19(26)8-7-18-17(11-22)20-14(2)10-15(3)24-21(20)25(18)13-16-6-5-9-23-12-16/h5-10,12H,4,13H2,1-3H3/b8-7+. The summed E-state index contributed by atoms with van der Waals surface area (Å²) in [6, 6.07) is 8.07. The van der Waals surface area contributed by atoms with Crippen molar-refractivity contribution in [2.45, 2.75) is 27.3 Å². The zero-order valence-corrected chi connectivity index (χ0v) is 15.6.